The first-order valence-corrected chi connectivity index (χ1v) is 9.32. The van der Waals surface area contributed by atoms with Crippen LogP contribution in [0.2, 0.25) is 0 Å². The highest BCUT2D eigenvalue weighted by molar-refractivity contribution is 5.76. The van der Waals surface area contributed by atoms with Crippen LogP contribution in [0.25, 0.3) is 0 Å². The van der Waals surface area contributed by atoms with E-state index in [4.69, 9.17) is 4.74 Å². The van der Waals surface area contributed by atoms with Crippen LogP contribution in [0.3, 0.4) is 0 Å². The first-order chi connectivity index (χ1) is 13.4. The van der Waals surface area contributed by atoms with Crippen molar-refractivity contribution in [1.29, 1.82) is 0 Å². The molecule has 3 rings (SSSR count). The van der Waals surface area contributed by atoms with Gasteiger partial charge in [-0.1, -0.05) is 12.1 Å². The van der Waals surface area contributed by atoms with Gasteiger partial charge in [0.05, 0.1) is 0 Å². The second-order valence-electron chi connectivity index (χ2n) is 7.19. The van der Waals surface area contributed by atoms with Crippen LogP contribution < -0.4 is 16.6 Å². The molecule has 2 aromatic rings. The van der Waals surface area contributed by atoms with E-state index in [1.165, 1.54) is 12.1 Å². The maximum absolute atomic E-state index is 13.3. The lowest BCUT2D eigenvalue weighted by Gasteiger charge is -2.38. The molecule has 0 atom stereocenters. The van der Waals surface area contributed by atoms with E-state index >= 15 is 0 Å². The van der Waals surface area contributed by atoms with E-state index in [1.54, 1.807) is 19.1 Å². The number of aromatic amines is 2. The summed E-state index contributed by atoms with van der Waals surface area (Å²) in [5, 5.41) is 2.95. The highest BCUT2D eigenvalue weighted by Crippen LogP contribution is 2.34. The number of ether oxygens (including phenoxy) is 1. The van der Waals surface area contributed by atoms with Crippen molar-refractivity contribution >= 4 is 5.91 Å². The molecule has 1 saturated heterocycles. The first kappa shape index (κ1) is 20.0. The van der Waals surface area contributed by atoms with Gasteiger partial charge in [0.1, 0.15) is 5.82 Å². The van der Waals surface area contributed by atoms with Crippen LogP contribution in [0, 0.1) is 12.7 Å². The number of halogens is 1. The highest BCUT2D eigenvalue weighted by Gasteiger charge is 2.34. The molecule has 0 saturated carbocycles. The number of aryl methyl sites for hydroxylation is 1. The zero-order valence-electron chi connectivity index (χ0n) is 15.8. The fraction of sp³-hybridized carbons (Fsp3) is 0.450. The van der Waals surface area contributed by atoms with Crippen molar-refractivity contribution < 1.29 is 13.9 Å². The Morgan fingerprint density at radius 3 is 2.50 bits per heavy atom. The molecule has 28 heavy (non-hydrogen) atoms. The van der Waals surface area contributed by atoms with Crippen LogP contribution in [0.4, 0.5) is 4.39 Å². The van der Waals surface area contributed by atoms with Crippen molar-refractivity contribution in [1.82, 2.24) is 15.3 Å². The van der Waals surface area contributed by atoms with Gasteiger partial charge < -0.3 is 15.0 Å². The quantitative estimate of drug-likeness (QED) is 0.693. The van der Waals surface area contributed by atoms with Gasteiger partial charge in [-0.2, -0.15) is 0 Å². The van der Waals surface area contributed by atoms with Crippen LogP contribution >= 0.6 is 0 Å². The smallest absolute Gasteiger partial charge is 0.325 e. The van der Waals surface area contributed by atoms with Crippen LogP contribution in [0.15, 0.2) is 33.9 Å². The summed E-state index contributed by atoms with van der Waals surface area (Å²) in [6.45, 7) is 3.22. The fourth-order valence-corrected chi connectivity index (χ4v) is 3.65. The van der Waals surface area contributed by atoms with E-state index in [-0.39, 0.29) is 30.0 Å². The number of nitrogens with one attached hydrogen (secondary N) is 3. The molecular weight excluding hydrogens is 365 g/mol. The number of amides is 1. The van der Waals surface area contributed by atoms with E-state index in [9.17, 15) is 18.8 Å². The maximum atomic E-state index is 13.3. The molecule has 3 N–H and O–H groups in total. The molecule has 1 fully saturated rings. The minimum Gasteiger partial charge on any atom is -0.381 e. The van der Waals surface area contributed by atoms with E-state index in [0.29, 0.717) is 31.0 Å². The second-order valence-corrected chi connectivity index (χ2v) is 7.19. The monoisotopic (exact) mass is 389 g/mol. The van der Waals surface area contributed by atoms with Crippen LogP contribution in [-0.4, -0.2) is 35.6 Å². The Labute approximate surface area is 161 Å². The van der Waals surface area contributed by atoms with Crippen molar-refractivity contribution in [3.63, 3.8) is 0 Å². The molecule has 1 aliphatic rings. The lowest BCUT2D eigenvalue weighted by Crippen LogP contribution is -2.44. The lowest BCUT2D eigenvalue weighted by atomic mass is 9.74. The van der Waals surface area contributed by atoms with Gasteiger partial charge in [-0.15, -0.1) is 0 Å². The van der Waals surface area contributed by atoms with E-state index in [0.717, 1.165) is 18.4 Å². The molecule has 150 valence electrons. The highest BCUT2D eigenvalue weighted by atomic mass is 19.1. The van der Waals surface area contributed by atoms with Crippen LogP contribution in [0.1, 0.15) is 36.1 Å². The molecule has 2 heterocycles. The SMILES string of the molecule is Cc1[nH]c(=O)[nH]c(=O)c1CCC(=O)NCC1(c2ccc(F)cc2)CCOCC1. The molecule has 0 bridgehead atoms. The van der Waals surface area contributed by atoms with Gasteiger partial charge in [0.15, 0.2) is 0 Å². The normalized spacial score (nSPS) is 15.9. The third kappa shape index (κ3) is 4.56. The molecule has 0 aliphatic carbocycles. The number of carbonyl (C=O) groups excluding carboxylic acids is 1. The third-order valence-electron chi connectivity index (χ3n) is 5.39. The third-order valence-corrected chi connectivity index (χ3v) is 5.39. The van der Waals surface area contributed by atoms with Crippen molar-refractivity contribution in [3.05, 3.63) is 67.7 Å². The summed E-state index contributed by atoms with van der Waals surface area (Å²) in [5.41, 5.74) is 0.512. The number of benzene rings is 1. The Morgan fingerprint density at radius 2 is 1.86 bits per heavy atom. The van der Waals surface area contributed by atoms with Gasteiger partial charge in [-0.3, -0.25) is 14.6 Å². The summed E-state index contributed by atoms with van der Waals surface area (Å²) in [4.78, 5) is 40.2. The van der Waals surface area contributed by atoms with Crippen LogP contribution in [0.5, 0.6) is 0 Å². The summed E-state index contributed by atoms with van der Waals surface area (Å²) >= 11 is 0. The number of hydrogen-bond donors (Lipinski definition) is 3. The molecule has 1 amide bonds. The lowest BCUT2D eigenvalue weighted by molar-refractivity contribution is -0.121. The zero-order chi connectivity index (χ0) is 20.1. The largest absolute Gasteiger partial charge is 0.381 e. The molecule has 7 nitrogen and oxygen atoms in total. The topological polar surface area (TPSA) is 104 Å². The van der Waals surface area contributed by atoms with Crippen molar-refractivity contribution in [3.8, 4) is 0 Å². The Balaban J connectivity index is 1.65. The van der Waals surface area contributed by atoms with Crippen molar-refractivity contribution in [2.75, 3.05) is 19.8 Å². The molecule has 8 heteroatoms. The van der Waals surface area contributed by atoms with E-state index in [2.05, 4.69) is 15.3 Å². The van der Waals surface area contributed by atoms with Crippen LogP contribution in [-0.2, 0) is 21.4 Å². The molecule has 1 aromatic heterocycles. The Hall–Kier alpha value is -2.74. The van der Waals surface area contributed by atoms with Crippen molar-refractivity contribution in [2.24, 2.45) is 0 Å². The Morgan fingerprint density at radius 1 is 1.18 bits per heavy atom. The molecule has 0 unspecified atom stereocenters. The summed E-state index contributed by atoms with van der Waals surface area (Å²) < 4.78 is 18.8. The van der Waals surface area contributed by atoms with Gasteiger partial charge in [0.2, 0.25) is 5.91 Å². The predicted octanol–water partition coefficient (Wildman–Crippen LogP) is 1.31. The standard InChI is InChI=1S/C20H24FN3O4/c1-13-16(18(26)24-19(27)23-13)6-7-17(25)22-12-20(8-10-28-11-9-20)14-2-4-15(21)5-3-14/h2-5H,6-12H2,1H3,(H,22,25)(H2,23,24,26,27). The average Bonchev–Trinajstić information content (AvgIpc) is 2.67. The maximum Gasteiger partial charge on any atom is 0.325 e. The van der Waals surface area contributed by atoms with Crippen molar-refractivity contribution in [2.45, 2.75) is 38.0 Å². The Bertz CT molecular complexity index is 943. The van der Waals surface area contributed by atoms with Gasteiger partial charge in [0, 0.05) is 42.9 Å². The van der Waals surface area contributed by atoms with E-state index in [1.807, 2.05) is 0 Å². The average molecular weight is 389 g/mol. The number of H-pyrrole nitrogens is 2. The number of aromatic nitrogens is 2. The zero-order valence-corrected chi connectivity index (χ0v) is 15.8. The Kier molecular flexibility index (Phi) is 6.08. The summed E-state index contributed by atoms with van der Waals surface area (Å²) in [5.74, 6) is -0.477. The summed E-state index contributed by atoms with van der Waals surface area (Å²) in [7, 11) is 0. The van der Waals surface area contributed by atoms with E-state index < -0.39 is 11.2 Å². The number of rotatable bonds is 6. The van der Waals surface area contributed by atoms with Gasteiger partial charge in [0.25, 0.3) is 5.56 Å². The molecular formula is C20H24FN3O4. The first-order valence-electron chi connectivity index (χ1n) is 9.32. The summed E-state index contributed by atoms with van der Waals surface area (Å²) in [6.07, 6.45) is 1.83. The molecule has 0 spiro atoms. The number of hydrogen-bond acceptors (Lipinski definition) is 4. The minimum absolute atomic E-state index is 0.131. The minimum atomic E-state index is -0.559. The van der Waals surface area contributed by atoms with Gasteiger partial charge in [-0.25, -0.2) is 9.18 Å². The molecule has 1 aliphatic heterocycles. The predicted molar refractivity (Wildman–Crippen MR) is 102 cm³/mol. The van der Waals surface area contributed by atoms with Gasteiger partial charge >= 0.3 is 5.69 Å². The molecule has 0 radical (unpaired) electrons. The van der Waals surface area contributed by atoms with Gasteiger partial charge in [-0.05, 0) is 43.9 Å². The fourth-order valence-electron chi connectivity index (χ4n) is 3.65. The molecule has 1 aromatic carbocycles. The second kappa shape index (κ2) is 8.52. The summed E-state index contributed by atoms with van der Waals surface area (Å²) in [6, 6.07) is 6.38. The number of carbonyl (C=O) groups is 1.